The second-order valence-corrected chi connectivity index (χ2v) is 6.84. The van der Waals surface area contributed by atoms with Gasteiger partial charge in [-0.25, -0.2) is 4.90 Å². The average Bonchev–Trinajstić information content (AvgIpc) is 3.05. The van der Waals surface area contributed by atoms with Crippen LogP contribution in [-0.4, -0.2) is 23.5 Å². The number of rotatable bonds is 1. The van der Waals surface area contributed by atoms with E-state index in [2.05, 4.69) is 0 Å². The molecule has 0 aromatic heterocycles. The third kappa shape index (κ3) is 1.80. The number of carbonyl (C=O) groups is 3. The molecule has 0 saturated carbocycles. The van der Waals surface area contributed by atoms with Crippen molar-refractivity contribution in [2.75, 3.05) is 15.6 Å². The molecule has 4 rings (SSSR count). The molecule has 2 aromatic rings. The highest BCUT2D eigenvalue weighted by Crippen LogP contribution is 2.55. The summed E-state index contributed by atoms with van der Waals surface area (Å²) in [4.78, 5) is 39.4. The summed E-state index contributed by atoms with van der Waals surface area (Å²) in [5, 5.41) is 0. The maximum absolute atomic E-state index is 13.2. The van der Waals surface area contributed by atoms with Crippen LogP contribution in [0, 0.1) is 0 Å². The second kappa shape index (κ2) is 5.21. The Balaban J connectivity index is 1.98. The van der Waals surface area contributed by atoms with E-state index in [1.807, 2.05) is 30.3 Å². The van der Waals surface area contributed by atoms with Crippen LogP contribution in [0.5, 0.6) is 0 Å². The molecule has 0 bridgehead atoms. The molecule has 0 N–H and O–H groups in total. The highest BCUT2D eigenvalue weighted by molar-refractivity contribution is 8.02. The molecular weight excluding hydrogens is 324 g/mol. The molecule has 2 aliphatic rings. The van der Waals surface area contributed by atoms with E-state index in [0.29, 0.717) is 16.9 Å². The van der Waals surface area contributed by atoms with Gasteiger partial charge in [-0.2, -0.15) is 0 Å². The van der Waals surface area contributed by atoms with Crippen molar-refractivity contribution in [3.05, 3.63) is 60.2 Å². The van der Waals surface area contributed by atoms with Crippen LogP contribution in [-0.2, 0) is 19.3 Å². The molecule has 24 heavy (non-hydrogen) atoms. The molecule has 2 aromatic carbocycles. The maximum Gasteiger partial charge on any atom is 0.275 e. The van der Waals surface area contributed by atoms with Gasteiger partial charge in [0, 0.05) is 18.2 Å². The topological polar surface area (TPSA) is 57.7 Å². The molecule has 3 amide bonds. The van der Waals surface area contributed by atoms with Gasteiger partial charge < -0.3 is 0 Å². The Kier molecular flexibility index (Phi) is 3.25. The fraction of sp³-hybridized carbons (Fsp3) is 0.167. The van der Waals surface area contributed by atoms with E-state index < -0.39 is 4.87 Å². The fourth-order valence-corrected chi connectivity index (χ4v) is 4.71. The van der Waals surface area contributed by atoms with E-state index >= 15 is 0 Å². The Morgan fingerprint density at radius 1 is 1.04 bits per heavy atom. The first-order chi connectivity index (χ1) is 11.6. The number of hydrogen-bond donors (Lipinski definition) is 0. The van der Waals surface area contributed by atoms with Crippen molar-refractivity contribution in [2.24, 2.45) is 0 Å². The van der Waals surface area contributed by atoms with Gasteiger partial charge in [0.15, 0.2) is 0 Å². The Morgan fingerprint density at radius 3 is 2.42 bits per heavy atom. The van der Waals surface area contributed by atoms with Crippen molar-refractivity contribution in [3.8, 4) is 0 Å². The molecule has 6 heteroatoms. The molecule has 1 fully saturated rings. The Hall–Kier alpha value is -2.60. The highest BCUT2D eigenvalue weighted by atomic mass is 32.2. The van der Waals surface area contributed by atoms with E-state index in [4.69, 9.17) is 0 Å². The Labute approximate surface area is 143 Å². The van der Waals surface area contributed by atoms with E-state index in [-0.39, 0.29) is 23.5 Å². The highest BCUT2D eigenvalue weighted by Gasteiger charge is 2.61. The van der Waals surface area contributed by atoms with Crippen molar-refractivity contribution in [2.45, 2.75) is 11.8 Å². The largest absolute Gasteiger partial charge is 0.283 e. The predicted molar refractivity (Wildman–Crippen MR) is 92.7 cm³/mol. The minimum atomic E-state index is -1.21. The third-order valence-electron chi connectivity index (χ3n) is 4.30. The predicted octanol–water partition coefficient (Wildman–Crippen LogP) is 2.51. The number of anilines is 2. The van der Waals surface area contributed by atoms with Gasteiger partial charge >= 0.3 is 0 Å². The molecule has 0 radical (unpaired) electrons. The van der Waals surface area contributed by atoms with Gasteiger partial charge in [0.25, 0.3) is 5.91 Å². The number of para-hydroxylation sites is 2. The van der Waals surface area contributed by atoms with Crippen LogP contribution in [0.25, 0.3) is 0 Å². The summed E-state index contributed by atoms with van der Waals surface area (Å²) in [5.74, 6) is -0.672. The zero-order valence-corrected chi connectivity index (χ0v) is 13.7. The lowest BCUT2D eigenvalue weighted by Gasteiger charge is -2.32. The fourth-order valence-electron chi connectivity index (χ4n) is 3.37. The van der Waals surface area contributed by atoms with E-state index in [1.165, 1.54) is 28.5 Å². The molecule has 0 unspecified atom stereocenters. The molecule has 2 heterocycles. The Morgan fingerprint density at radius 2 is 1.71 bits per heavy atom. The summed E-state index contributed by atoms with van der Waals surface area (Å²) in [5.41, 5.74) is 1.89. The zero-order chi connectivity index (χ0) is 16.9. The number of imide groups is 1. The third-order valence-corrected chi connectivity index (χ3v) is 5.69. The van der Waals surface area contributed by atoms with Crippen molar-refractivity contribution in [1.82, 2.24) is 0 Å². The summed E-state index contributed by atoms with van der Waals surface area (Å²) >= 11 is 1.27. The zero-order valence-electron chi connectivity index (χ0n) is 12.9. The molecule has 2 aliphatic heterocycles. The first kappa shape index (κ1) is 15.0. The number of amides is 3. The minimum Gasteiger partial charge on any atom is -0.283 e. The molecule has 1 saturated heterocycles. The van der Waals surface area contributed by atoms with Crippen LogP contribution < -0.4 is 9.80 Å². The standard InChI is InChI=1S/C18H14N2O3S/c1-12(21)19-15-10-6-5-9-14(15)18(17(19)23)20(16(22)11-24-18)13-7-3-2-4-8-13/h2-10H,11H2,1H3/t18-/m1/s1. The summed E-state index contributed by atoms with van der Waals surface area (Å²) in [6.07, 6.45) is 0. The first-order valence-electron chi connectivity index (χ1n) is 7.54. The van der Waals surface area contributed by atoms with Gasteiger partial charge in [0.2, 0.25) is 16.7 Å². The second-order valence-electron chi connectivity index (χ2n) is 5.67. The number of hydrogen-bond acceptors (Lipinski definition) is 4. The quantitative estimate of drug-likeness (QED) is 0.802. The van der Waals surface area contributed by atoms with Gasteiger partial charge in [-0.3, -0.25) is 19.3 Å². The summed E-state index contributed by atoms with van der Waals surface area (Å²) in [7, 11) is 0. The molecule has 1 spiro atoms. The van der Waals surface area contributed by atoms with Crippen LogP contribution in [0.2, 0.25) is 0 Å². The van der Waals surface area contributed by atoms with Gasteiger partial charge in [-0.05, 0) is 18.2 Å². The van der Waals surface area contributed by atoms with E-state index in [1.54, 1.807) is 24.3 Å². The van der Waals surface area contributed by atoms with Crippen LogP contribution >= 0.6 is 11.8 Å². The van der Waals surface area contributed by atoms with Gasteiger partial charge in [-0.15, -0.1) is 11.8 Å². The number of fused-ring (bicyclic) bond motifs is 2. The minimum absolute atomic E-state index is 0.139. The van der Waals surface area contributed by atoms with Gasteiger partial charge in [0.05, 0.1) is 11.4 Å². The van der Waals surface area contributed by atoms with Gasteiger partial charge in [0.1, 0.15) is 0 Å². The molecule has 5 nitrogen and oxygen atoms in total. The number of carbonyl (C=O) groups excluding carboxylic acids is 3. The molecule has 120 valence electrons. The first-order valence-corrected chi connectivity index (χ1v) is 8.52. The van der Waals surface area contributed by atoms with Crippen molar-refractivity contribution < 1.29 is 14.4 Å². The Bertz CT molecular complexity index is 868. The average molecular weight is 338 g/mol. The smallest absolute Gasteiger partial charge is 0.275 e. The normalized spacial score (nSPS) is 22.4. The summed E-state index contributed by atoms with van der Waals surface area (Å²) in [6.45, 7) is 1.36. The summed E-state index contributed by atoms with van der Waals surface area (Å²) in [6, 6.07) is 16.3. The van der Waals surface area contributed by atoms with Crippen LogP contribution in [0.15, 0.2) is 54.6 Å². The molecular formula is C18H14N2O3S. The number of benzene rings is 2. The van der Waals surface area contributed by atoms with Crippen molar-refractivity contribution in [3.63, 3.8) is 0 Å². The lowest BCUT2D eigenvalue weighted by atomic mass is 10.0. The van der Waals surface area contributed by atoms with E-state index in [0.717, 1.165) is 0 Å². The van der Waals surface area contributed by atoms with Crippen molar-refractivity contribution in [1.29, 1.82) is 0 Å². The lowest BCUT2D eigenvalue weighted by molar-refractivity contribution is -0.128. The molecule has 0 aliphatic carbocycles. The van der Waals surface area contributed by atoms with Crippen molar-refractivity contribution >= 4 is 40.9 Å². The maximum atomic E-state index is 13.2. The van der Waals surface area contributed by atoms with Crippen LogP contribution in [0.3, 0.4) is 0 Å². The number of thioether (sulfide) groups is 1. The number of nitrogens with zero attached hydrogens (tertiary/aromatic N) is 2. The molecule has 1 atom stereocenters. The summed E-state index contributed by atoms with van der Waals surface area (Å²) < 4.78 is 0. The van der Waals surface area contributed by atoms with E-state index in [9.17, 15) is 14.4 Å². The van der Waals surface area contributed by atoms with Gasteiger partial charge in [-0.1, -0.05) is 36.4 Å². The SMILES string of the molecule is CC(=O)N1C(=O)[C@]2(SCC(=O)N2c2ccccc2)c2ccccc21. The van der Waals surface area contributed by atoms with Crippen LogP contribution in [0.1, 0.15) is 12.5 Å². The monoisotopic (exact) mass is 338 g/mol. The van der Waals surface area contributed by atoms with Crippen LogP contribution in [0.4, 0.5) is 11.4 Å². The lowest BCUT2D eigenvalue weighted by Crippen LogP contribution is -2.50.